The number of likely N-dealkylation sites (tertiary alicyclic amines) is 1. The number of carbonyl (C=O) groups excluding carboxylic acids is 1. The van der Waals surface area contributed by atoms with Crippen LogP contribution in [0, 0.1) is 11.6 Å². The third-order valence-corrected chi connectivity index (χ3v) is 8.52. The average Bonchev–Trinajstić information content (AvgIpc) is 3.50. The van der Waals surface area contributed by atoms with Crippen LogP contribution in [0.2, 0.25) is 0 Å². The molecule has 0 radical (unpaired) electrons. The number of hydrogen-bond acceptors (Lipinski definition) is 4. The van der Waals surface area contributed by atoms with Gasteiger partial charge in [0.25, 0.3) is 5.91 Å². The molecular formula is C23H24F2N4O3S. The molecule has 0 atom stereocenters. The number of rotatable bonds is 4. The molecule has 10 heteroatoms. The Labute approximate surface area is 190 Å². The van der Waals surface area contributed by atoms with Crippen molar-refractivity contribution >= 4 is 21.4 Å². The maximum atomic E-state index is 13.6. The molecule has 0 unspecified atom stereocenters. The molecule has 0 aliphatic carbocycles. The Morgan fingerprint density at radius 3 is 2.39 bits per heavy atom. The van der Waals surface area contributed by atoms with Crippen LogP contribution in [-0.2, 0) is 10.0 Å². The minimum absolute atomic E-state index is 0.00732. The van der Waals surface area contributed by atoms with Crippen LogP contribution in [0.3, 0.4) is 0 Å². The molecule has 3 aromatic rings. The van der Waals surface area contributed by atoms with E-state index < -0.39 is 21.7 Å². The highest BCUT2D eigenvalue weighted by Crippen LogP contribution is 2.32. The van der Waals surface area contributed by atoms with E-state index in [0.29, 0.717) is 18.4 Å². The monoisotopic (exact) mass is 474 g/mol. The minimum atomic E-state index is -3.90. The lowest BCUT2D eigenvalue weighted by molar-refractivity contribution is 0.0794. The molecule has 1 amide bonds. The summed E-state index contributed by atoms with van der Waals surface area (Å²) in [6.07, 6.45) is 6.64. The number of pyridine rings is 1. The molecule has 0 N–H and O–H groups in total. The lowest BCUT2D eigenvalue weighted by Crippen LogP contribution is -2.38. The predicted octanol–water partition coefficient (Wildman–Crippen LogP) is 3.42. The standard InChI is InChI=1S/C23H24F2N4O3S/c24-20-4-3-18(14-21(20)25)33(31,32)28-10-5-16(6-11-28)17-7-12-29-22(13-17)19(15-26-29)23(30)27-8-1-2-9-27/h3-4,7,12-16H,1-2,5-6,8-11H2. The Morgan fingerprint density at radius 2 is 1.70 bits per heavy atom. The van der Waals surface area contributed by atoms with Gasteiger partial charge in [0.2, 0.25) is 10.0 Å². The maximum absolute atomic E-state index is 13.6. The normalized spacial score (nSPS) is 18.3. The number of hydrogen-bond donors (Lipinski definition) is 0. The summed E-state index contributed by atoms with van der Waals surface area (Å²) in [5, 5.41) is 4.31. The zero-order chi connectivity index (χ0) is 23.2. The molecule has 2 aliphatic rings. The summed E-state index contributed by atoms with van der Waals surface area (Å²) < 4.78 is 55.5. The maximum Gasteiger partial charge on any atom is 0.257 e. The van der Waals surface area contributed by atoms with Crippen molar-refractivity contribution in [1.29, 1.82) is 0 Å². The van der Waals surface area contributed by atoms with E-state index in [2.05, 4.69) is 5.10 Å². The second kappa shape index (κ2) is 8.49. The summed E-state index contributed by atoms with van der Waals surface area (Å²) in [6.45, 7) is 2.08. The third-order valence-electron chi connectivity index (χ3n) is 6.62. The van der Waals surface area contributed by atoms with E-state index in [0.717, 1.165) is 55.2 Å². The van der Waals surface area contributed by atoms with Gasteiger partial charge in [0, 0.05) is 32.4 Å². The van der Waals surface area contributed by atoms with Crippen molar-refractivity contribution in [2.45, 2.75) is 36.5 Å². The highest BCUT2D eigenvalue weighted by atomic mass is 32.2. The summed E-state index contributed by atoms with van der Waals surface area (Å²) in [4.78, 5) is 14.5. The smallest absolute Gasteiger partial charge is 0.257 e. The number of amides is 1. The summed E-state index contributed by atoms with van der Waals surface area (Å²) in [7, 11) is -3.90. The van der Waals surface area contributed by atoms with Crippen molar-refractivity contribution in [3.05, 3.63) is 65.5 Å². The zero-order valence-electron chi connectivity index (χ0n) is 18.0. The minimum Gasteiger partial charge on any atom is -0.339 e. The molecule has 1 aromatic carbocycles. The van der Waals surface area contributed by atoms with Crippen molar-refractivity contribution in [1.82, 2.24) is 18.8 Å². The molecule has 5 rings (SSSR count). The number of benzene rings is 1. The van der Waals surface area contributed by atoms with E-state index in [9.17, 15) is 22.0 Å². The quantitative estimate of drug-likeness (QED) is 0.581. The van der Waals surface area contributed by atoms with Crippen molar-refractivity contribution in [3.63, 3.8) is 0 Å². The molecule has 2 aliphatic heterocycles. The predicted molar refractivity (Wildman–Crippen MR) is 117 cm³/mol. The third kappa shape index (κ3) is 4.02. The SMILES string of the molecule is O=C(c1cnn2ccc(C3CCN(S(=O)(=O)c4ccc(F)c(F)c4)CC3)cc12)N1CCCC1. The topological polar surface area (TPSA) is 75.0 Å². The van der Waals surface area contributed by atoms with Crippen molar-refractivity contribution in [2.75, 3.05) is 26.2 Å². The molecule has 0 saturated carbocycles. The van der Waals surface area contributed by atoms with E-state index >= 15 is 0 Å². The summed E-state index contributed by atoms with van der Waals surface area (Å²) >= 11 is 0. The van der Waals surface area contributed by atoms with Gasteiger partial charge in [0.1, 0.15) is 0 Å². The molecule has 2 fully saturated rings. The first-order valence-electron chi connectivity index (χ1n) is 11.1. The van der Waals surface area contributed by atoms with E-state index in [1.165, 1.54) is 4.31 Å². The number of nitrogens with zero attached hydrogens (tertiary/aromatic N) is 4. The van der Waals surface area contributed by atoms with E-state index in [-0.39, 0.29) is 29.8 Å². The largest absolute Gasteiger partial charge is 0.339 e. The van der Waals surface area contributed by atoms with Crippen molar-refractivity contribution < 1.29 is 22.0 Å². The highest BCUT2D eigenvalue weighted by Gasteiger charge is 2.31. The summed E-state index contributed by atoms with van der Waals surface area (Å²) in [5.41, 5.74) is 2.36. The fourth-order valence-corrected chi connectivity index (χ4v) is 6.20. The van der Waals surface area contributed by atoms with Crippen LogP contribution in [-0.4, -0.2) is 59.3 Å². The van der Waals surface area contributed by atoms with Gasteiger partial charge in [-0.3, -0.25) is 4.79 Å². The number of aromatic nitrogens is 2. The number of fused-ring (bicyclic) bond motifs is 1. The van der Waals surface area contributed by atoms with Crippen LogP contribution in [0.1, 0.15) is 47.5 Å². The Kier molecular flexibility index (Phi) is 5.65. The summed E-state index contributed by atoms with van der Waals surface area (Å²) in [5.74, 6) is -2.15. The van der Waals surface area contributed by atoms with Crippen LogP contribution < -0.4 is 0 Å². The van der Waals surface area contributed by atoms with Gasteiger partial charge in [-0.25, -0.2) is 21.7 Å². The Balaban J connectivity index is 1.33. The molecule has 33 heavy (non-hydrogen) atoms. The molecule has 2 aromatic heterocycles. The van der Waals surface area contributed by atoms with Crippen molar-refractivity contribution in [2.24, 2.45) is 0 Å². The summed E-state index contributed by atoms with van der Waals surface area (Å²) in [6, 6.07) is 6.57. The average molecular weight is 475 g/mol. The van der Waals surface area contributed by atoms with Crippen molar-refractivity contribution in [3.8, 4) is 0 Å². The molecule has 0 bridgehead atoms. The molecule has 7 nitrogen and oxygen atoms in total. The van der Waals surface area contributed by atoms with Gasteiger partial charge in [0.05, 0.1) is 22.2 Å². The number of halogens is 2. The van der Waals surface area contributed by atoms with Gasteiger partial charge in [-0.1, -0.05) is 0 Å². The van der Waals surface area contributed by atoms with Crippen LogP contribution in [0.25, 0.3) is 5.52 Å². The number of sulfonamides is 1. The first-order chi connectivity index (χ1) is 15.8. The van der Waals surface area contributed by atoms with E-state index in [1.54, 1.807) is 10.7 Å². The molecule has 4 heterocycles. The fraction of sp³-hybridized carbons (Fsp3) is 0.391. The molecular weight excluding hydrogens is 450 g/mol. The second-order valence-electron chi connectivity index (χ2n) is 8.60. The lowest BCUT2D eigenvalue weighted by Gasteiger charge is -2.31. The Hall–Kier alpha value is -2.85. The first-order valence-corrected chi connectivity index (χ1v) is 12.5. The Bertz CT molecular complexity index is 1310. The molecule has 2 saturated heterocycles. The molecule has 0 spiro atoms. The van der Waals surface area contributed by atoms with Crippen LogP contribution in [0.5, 0.6) is 0 Å². The van der Waals surface area contributed by atoms with Gasteiger partial charge in [-0.2, -0.15) is 9.40 Å². The lowest BCUT2D eigenvalue weighted by atomic mass is 9.90. The number of carbonyl (C=O) groups is 1. The van der Waals surface area contributed by atoms with Crippen LogP contribution in [0.4, 0.5) is 8.78 Å². The zero-order valence-corrected chi connectivity index (χ0v) is 18.8. The Morgan fingerprint density at radius 1 is 0.970 bits per heavy atom. The van der Waals surface area contributed by atoms with Gasteiger partial charge >= 0.3 is 0 Å². The van der Waals surface area contributed by atoms with Gasteiger partial charge in [0.15, 0.2) is 11.6 Å². The van der Waals surface area contributed by atoms with Gasteiger partial charge in [-0.05, 0) is 67.5 Å². The van der Waals surface area contributed by atoms with Crippen LogP contribution in [0.15, 0.2) is 47.6 Å². The van der Waals surface area contributed by atoms with E-state index in [1.807, 2.05) is 23.2 Å². The highest BCUT2D eigenvalue weighted by molar-refractivity contribution is 7.89. The number of piperidine rings is 1. The van der Waals surface area contributed by atoms with Crippen LogP contribution >= 0.6 is 0 Å². The van der Waals surface area contributed by atoms with Gasteiger partial charge in [-0.15, -0.1) is 0 Å². The molecule has 174 valence electrons. The first kappa shape index (κ1) is 22.0. The van der Waals surface area contributed by atoms with Gasteiger partial charge < -0.3 is 4.90 Å². The fourth-order valence-electron chi connectivity index (χ4n) is 4.72. The second-order valence-corrected chi connectivity index (χ2v) is 10.5. The van der Waals surface area contributed by atoms with E-state index in [4.69, 9.17) is 0 Å².